The molecule has 1 saturated heterocycles. The van der Waals surface area contributed by atoms with Crippen molar-refractivity contribution < 1.29 is 13.9 Å². The summed E-state index contributed by atoms with van der Waals surface area (Å²) in [6.45, 7) is 2.33. The lowest BCUT2D eigenvalue weighted by Gasteiger charge is -2.26. The zero-order valence-electron chi connectivity index (χ0n) is 10.8. The summed E-state index contributed by atoms with van der Waals surface area (Å²) < 4.78 is 10.3. The van der Waals surface area contributed by atoms with E-state index in [1.807, 2.05) is 6.07 Å². The molecule has 1 N–H and O–H groups in total. The smallest absolute Gasteiger partial charge is 0.349 e. The topological polar surface area (TPSA) is 71.8 Å². The maximum atomic E-state index is 12.1. The Morgan fingerprint density at radius 1 is 1.20 bits per heavy atom. The molecule has 6 heteroatoms. The molecule has 0 radical (unpaired) electrons. The SMILES string of the molecule is O=C(NN1CCOCC1)c1cc2ccccc2oc1=O. The van der Waals surface area contributed by atoms with Crippen molar-refractivity contribution in [3.8, 4) is 0 Å². The van der Waals surface area contributed by atoms with Crippen molar-refractivity contribution in [2.24, 2.45) is 0 Å². The fourth-order valence-corrected chi connectivity index (χ4v) is 2.10. The van der Waals surface area contributed by atoms with Gasteiger partial charge in [-0.3, -0.25) is 10.2 Å². The molecule has 1 aromatic heterocycles. The summed E-state index contributed by atoms with van der Waals surface area (Å²) >= 11 is 0. The van der Waals surface area contributed by atoms with Crippen LogP contribution in [0.4, 0.5) is 0 Å². The second-order valence-corrected chi connectivity index (χ2v) is 4.53. The number of carbonyl (C=O) groups is 1. The highest BCUT2D eigenvalue weighted by atomic mass is 16.5. The number of carbonyl (C=O) groups excluding carboxylic acids is 1. The molecule has 0 saturated carbocycles. The largest absolute Gasteiger partial charge is 0.422 e. The molecule has 1 aliphatic heterocycles. The molecule has 0 unspecified atom stereocenters. The predicted molar refractivity (Wildman–Crippen MR) is 72.3 cm³/mol. The Kier molecular flexibility index (Phi) is 3.49. The third-order valence-electron chi connectivity index (χ3n) is 3.16. The fraction of sp³-hybridized carbons (Fsp3) is 0.286. The van der Waals surface area contributed by atoms with Gasteiger partial charge in [0.25, 0.3) is 5.91 Å². The first-order valence-corrected chi connectivity index (χ1v) is 6.40. The fourth-order valence-electron chi connectivity index (χ4n) is 2.10. The van der Waals surface area contributed by atoms with E-state index in [1.165, 1.54) is 0 Å². The van der Waals surface area contributed by atoms with Gasteiger partial charge in [0.2, 0.25) is 0 Å². The van der Waals surface area contributed by atoms with Gasteiger partial charge >= 0.3 is 5.63 Å². The summed E-state index contributed by atoms with van der Waals surface area (Å²) in [5, 5.41) is 2.46. The van der Waals surface area contributed by atoms with E-state index in [1.54, 1.807) is 29.3 Å². The Bertz CT molecular complexity index is 689. The molecule has 20 heavy (non-hydrogen) atoms. The molecule has 2 heterocycles. The summed E-state index contributed by atoms with van der Waals surface area (Å²) in [5.74, 6) is -0.452. The highest BCUT2D eigenvalue weighted by molar-refractivity contribution is 5.96. The highest BCUT2D eigenvalue weighted by Gasteiger charge is 2.18. The van der Waals surface area contributed by atoms with Crippen molar-refractivity contribution in [3.63, 3.8) is 0 Å². The van der Waals surface area contributed by atoms with Crippen molar-refractivity contribution >= 4 is 16.9 Å². The van der Waals surface area contributed by atoms with Gasteiger partial charge in [-0.25, -0.2) is 9.80 Å². The Balaban J connectivity index is 1.87. The van der Waals surface area contributed by atoms with Gasteiger partial charge in [0.05, 0.1) is 13.2 Å². The van der Waals surface area contributed by atoms with E-state index in [-0.39, 0.29) is 5.56 Å². The van der Waals surface area contributed by atoms with E-state index in [0.29, 0.717) is 31.9 Å². The van der Waals surface area contributed by atoms with Crippen LogP contribution in [0, 0.1) is 0 Å². The van der Waals surface area contributed by atoms with Gasteiger partial charge in [0.1, 0.15) is 11.1 Å². The molecule has 2 aromatic rings. The van der Waals surface area contributed by atoms with Crippen LogP contribution in [-0.4, -0.2) is 37.2 Å². The number of morpholine rings is 1. The minimum Gasteiger partial charge on any atom is -0.422 e. The lowest BCUT2D eigenvalue weighted by molar-refractivity contribution is 0.0125. The van der Waals surface area contributed by atoms with E-state index in [4.69, 9.17) is 9.15 Å². The predicted octanol–water partition coefficient (Wildman–Crippen LogP) is 0.770. The summed E-state index contributed by atoms with van der Waals surface area (Å²) in [5.41, 5.74) is 2.55. The van der Waals surface area contributed by atoms with E-state index < -0.39 is 11.5 Å². The van der Waals surface area contributed by atoms with Crippen LogP contribution in [0.5, 0.6) is 0 Å². The third kappa shape index (κ3) is 2.56. The van der Waals surface area contributed by atoms with E-state index in [0.717, 1.165) is 5.39 Å². The first-order valence-electron chi connectivity index (χ1n) is 6.40. The van der Waals surface area contributed by atoms with Gasteiger partial charge in [-0.05, 0) is 12.1 Å². The number of benzene rings is 1. The van der Waals surface area contributed by atoms with E-state index in [2.05, 4.69) is 5.43 Å². The Hall–Kier alpha value is -2.18. The minimum absolute atomic E-state index is 0.00944. The molecule has 3 rings (SSSR count). The van der Waals surface area contributed by atoms with Crippen LogP contribution in [0.3, 0.4) is 0 Å². The number of hydrogen-bond donors (Lipinski definition) is 1. The van der Waals surface area contributed by atoms with Gasteiger partial charge in [-0.2, -0.15) is 0 Å². The van der Waals surface area contributed by atoms with Gasteiger partial charge in [0.15, 0.2) is 0 Å². The molecule has 0 spiro atoms. The Morgan fingerprint density at radius 2 is 1.95 bits per heavy atom. The summed E-state index contributed by atoms with van der Waals surface area (Å²) in [7, 11) is 0. The molecule has 1 aromatic carbocycles. The molecular weight excluding hydrogens is 260 g/mol. The molecule has 0 bridgehead atoms. The zero-order valence-corrected chi connectivity index (χ0v) is 10.8. The molecule has 104 valence electrons. The van der Waals surface area contributed by atoms with Crippen molar-refractivity contribution in [2.45, 2.75) is 0 Å². The summed E-state index contributed by atoms with van der Waals surface area (Å²) in [4.78, 5) is 24.0. The molecule has 0 atom stereocenters. The number of nitrogens with one attached hydrogen (secondary N) is 1. The summed E-state index contributed by atoms with van der Waals surface area (Å²) in [6, 6.07) is 8.64. The van der Waals surface area contributed by atoms with Crippen LogP contribution >= 0.6 is 0 Å². The normalized spacial score (nSPS) is 16.2. The van der Waals surface area contributed by atoms with Crippen LogP contribution in [0.25, 0.3) is 11.0 Å². The number of hydrazine groups is 1. The first-order chi connectivity index (χ1) is 9.74. The van der Waals surface area contributed by atoms with Crippen LogP contribution < -0.4 is 11.1 Å². The lowest BCUT2D eigenvalue weighted by atomic mass is 10.2. The third-order valence-corrected chi connectivity index (χ3v) is 3.16. The number of fused-ring (bicyclic) bond motifs is 1. The number of nitrogens with zero attached hydrogens (tertiary/aromatic N) is 1. The number of ether oxygens (including phenoxy) is 1. The van der Waals surface area contributed by atoms with Gasteiger partial charge in [-0.15, -0.1) is 0 Å². The quantitative estimate of drug-likeness (QED) is 0.819. The van der Waals surface area contributed by atoms with Crippen molar-refractivity contribution in [1.29, 1.82) is 0 Å². The minimum atomic E-state index is -0.630. The van der Waals surface area contributed by atoms with Crippen LogP contribution in [0.1, 0.15) is 10.4 Å². The monoisotopic (exact) mass is 274 g/mol. The van der Waals surface area contributed by atoms with Crippen molar-refractivity contribution in [1.82, 2.24) is 10.4 Å². The molecule has 1 fully saturated rings. The van der Waals surface area contributed by atoms with Gasteiger partial charge in [-0.1, -0.05) is 18.2 Å². The lowest BCUT2D eigenvalue weighted by Crippen LogP contribution is -2.49. The standard InChI is InChI=1S/C14H14N2O4/c17-13(15-16-5-7-19-8-6-16)11-9-10-3-1-2-4-12(10)20-14(11)18/h1-4,9H,5-8H2,(H,15,17). The number of para-hydroxylation sites is 1. The van der Waals surface area contributed by atoms with Crippen molar-refractivity contribution in [3.05, 3.63) is 46.3 Å². The molecule has 1 amide bonds. The molecule has 0 aliphatic carbocycles. The van der Waals surface area contributed by atoms with Crippen LogP contribution in [-0.2, 0) is 4.74 Å². The van der Waals surface area contributed by atoms with Gasteiger partial charge < -0.3 is 9.15 Å². The average Bonchev–Trinajstić information content (AvgIpc) is 2.47. The van der Waals surface area contributed by atoms with Crippen LogP contribution in [0.15, 0.2) is 39.5 Å². The highest BCUT2D eigenvalue weighted by Crippen LogP contribution is 2.12. The zero-order chi connectivity index (χ0) is 13.9. The average molecular weight is 274 g/mol. The van der Waals surface area contributed by atoms with Crippen LogP contribution in [0.2, 0.25) is 0 Å². The number of rotatable bonds is 2. The maximum Gasteiger partial charge on any atom is 0.349 e. The summed E-state index contributed by atoms with van der Waals surface area (Å²) in [6.07, 6.45) is 0. The number of hydrogen-bond acceptors (Lipinski definition) is 5. The first kappa shape index (κ1) is 12.8. The van der Waals surface area contributed by atoms with E-state index >= 15 is 0 Å². The molecule has 6 nitrogen and oxygen atoms in total. The molecular formula is C14H14N2O4. The Morgan fingerprint density at radius 3 is 2.75 bits per heavy atom. The Labute approximate surface area is 114 Å². The van der Waals surface area contributed by atoms with Gasteiger partial charge in [0, 0.05) is 18.5 Å². The maximum absolute atomic E-state index is 12.1. The second kappa shape index (κ2) is 5.44. The number of amides is 1. The van der Waals surface area contributed by atoms with Crippen molar-refractivity contribution in [2.75, 3.05) is 26.3 Å². The molecule has 1 aliphatic rings. The van der Waals surface area contributed by atoms with E-state index in [9.17, 15) is 9.59 Å². The second-order valence-electron chi connectivity index (χ2n) is 4.53.